The minimum absolute atomic E-state index is 0.210. The Morgan fingerprint density at radius 2 is 1.65 bits per heavy atom. The highest BCUT2D eigenvalue weighted by Crippen LogP contribution is 2.29. The largest absolute Gasteiger partial charge is 0.325 e. The fourth-order valence-electron chi connectivity index (χ4n) is 1.54. The Morgan fingerprint density at radius 3 is 2.10 bits per heavy atom. The lowest BCUT2D eigenvalue weighted by molar-refractivity contribution is -0.126. The number of carbonyl (C=O) groups excluding carboxylic acids is 1. The summed E-state index contributed by atoms with van der Waals surface area (Å²) in [7, 11) is 0. The predicted octanol–water partition coefficient (Wildman–Crippen LogP) is 1.70. The van der Waals surface area contributed by atoms with Gasteiger partial charge in [-0.3, -0.25) is 10.1 Å². The zero-order valence-corrected chi connectivity index (χ0v) is 13.2. The SMILES string of the molecule is CCc1nnc(NC(=O)C(C)(C)C(C)(C)N)nc1CC. The van der Waals surface area contributed by atoms with E-state index in [4.69, 9.17) is 5.73 Å². The Labute approximate surface area is 120 Å². The number of nitrogens with two attached hydrogens (primary N) is 1. The van der Waals surface area contributed by atoms with Gasteiger partial charge in [-0.25, -0.2) is 4.98 Å². The van der Waals surface area contributed by atoms with Crippen molar-refractivity contribution >= 4 is 11.9 Å². The molecule has 0 radical (unpaired) electrons. The third kappa shape index (κ3) is 3.30. The molecule has 6 nitrogen and oxygen atoms in total. The lowest BCUT2D eigenvalue weighted by Gasteiger charge is -2.36. The van der Waals surface area contributed by atoms with Gasteiger partial charge in [0.05, 0.1) is 16.8 Å². The first-order valence-electron chi connectivity index (χ1n) is 6.96. The zero-order chi connectivity index (χ0) is 15.6. The molecule has 0 saturated heterocycles. The van der Waals surface area contributed by atoms with Crippen LogP contribution in [0.2, 0.25) is 0 Å². The van der Waals surface area contributed by atoms with Crippen LogP contribution in [0, 0.1) is 5.41 Å². The second kappa shape index (κ2) is 5.83. The van der Waals surface area contributed by atoms with E-state index in [1.807, 2.05) is 27.7 Å². The maximum absolute atomic E-state index is 12.3. The molecular weight excluding hydrogens is 254 g/mol. The van der Waals surface area contributed by atoms with Crippen molar-refractivity contribution in [2.45, 2.75) is 59.9 Å². The van der Waals surface area contributed by atoms with E-state index < -0.39 is 11.0 Å². The summed E-state index contributed by atoms with van der Waals surface area (Å²) >= 11 is 0. The molecule has 20 heavy (non-hydrogen) atoms. The molecule has 0 saturated carbocycles. The predicted molar refractivity (Wildman–Crippen MR) is 79.3 cm³/mol. The van der Waals surface area contributed by atoms with Crippen LogP contribution in [0.15, 0.2) is 0 Å². The van der Waals surface area contributed by atoms with E-state index in [9.17, 15) is 4.79 Å². The molecule has 0 aliphatic carbocycles. The van der Waals surface area contributed by atoms with Gasteiger partial charge in [0.1, 0.15) is 0 Å². The highest BCUT2D eigenvalue weighted by Gasteiger charge is 2.40. The molecule has 0 aliphatic heterocycles. The third-order valence-corrected chi connectivity index (χ3v) is 3.91. The summed E-state index contributed by atoms with van der Waals surface area (Å²) < 4.78 is 0. The molecule has 0 spiro atoms. The van der Waals surface area contributed by atoms with Gasteiger partial charge in [-0.15, -0.1) is 10.2 Å². The molecule has 0 bridgehead atoms. The van der Waals surface area contributed by atoms with Crippen molar-refractivity contribution in [2.75, 3.05) is 5.32 Å². The molecular formula is C14H25N5O. The van der Waals surface area contributed by atoms with Crippen LogP contribution < -0.4 is 11.1 Å². The average molecular weight is 279 g/mol. The lowest BCUT2D eigenvalue weighted by Crippen LogP contribution is -2.53. The van der Waals surface area contributed by atoms with Gasteiger partial charge < -0.3 is 5.73 Å². The molecule has 1 aromatic rings. The highest BCUT2D eigenvalue weighted by atomic mass is 16.2. The van der Waals surface area contributed by atoms with Crippen molar-refractivity contribution in [3.05, 3.63) is 11.4 Å². The van der Waals surface area contributed by atoms with Gasteiger partial charge in [0, 0.05) is 5.54 Å². The van der Waals surface area contributed by atoms with Gasteiger partial charge in [0.25, 0.3) is 0 Å². The quantitative estimate of drug-likeness (QED) is 0.855. The molecule has 0 aromatic carbocycles. The second-order valence-corrected chi connectivity index (χ2v) is 6.04. The number of hydrogen-bond donors (Lipinski definition) is 2. The van der Waals surface area contributed by atoms with Crippen LogP contribution in [0.1, 0.15) is 52.9 Å². The standard InChI is InChI=1S/C14H25N5O/c1-7-9-10(8-2)18-19-12(16-9)17-11(20)13(3,4)14(5,6)15/h7-8,15H2,1-6H3,(H,16,17,19,20). The maximum Gasteiger partial charge on any atom is 0.249 e. The Hall–Kier alpha value is -1.56. The van der Waals surface area contributed by atoms with Gasteiger partial charge in [0.2, 0.25) is 11.9 Å². The maximum atomic E-state index is 12.3. The summed E-state index contributed by atoms with van der Waals surface area (Å²) in [5.74, 6) is 0.0273. The molecule has 0 unspecified atom stereocenters. The smallest absolute Gasteiger partial charge is 0.249 e. The van der Waals surface area contributed by atoms with E-state index in [1.54, 1.807) is 13.8 Å². The molecule has 1 amide bonds. The number of hydrogen-bond acceptors (Lipinski definition) is 5. The van der Waals surface area contributed by atoms with E-state index in [0.29, 0.717) is 0 Å². The Balaban J connectivity index is 2.97. The van der Waals surface area contributed by atoms with Crippen molar-refractivity contribution in [2.24, 2.45) is 11.1 Å². The van der Waals surface area contributed by atoms with Crippen LogP contribution in [0.4, 0.5) is 5.95 Å². The summed E-state index contributed by atoms with van der Waals surface area (Å²) in [6.07, 6.45) is 1.53. The normalized spacial score (nSPS) is 12.3. The molecule has 0 aliphatic rings. The van der Waals surface area contributed by atoms with E-state index >= 15 is 0 Å². The van der Waals surface area contributed by atoms with Crippen LogP contribution in [0.3, 0.4) is 0 Å². The molecule has 0 atom stereocenters. The lowest BCUT2D eigenvalue weighted by atomic mass is 9.74. The first-order chi connectivity index (χ1) is 9.13. The number of nitrogens with one attached hydrogen (secondary N) is 1. The summed E-state index contributed by atoms with van der Waals surface area (Å²) in [4.78, 5) is 16.7. The van der Waals surface area contributed by atoms with Crippen LogP contribution in [0.25, 0.3) is 0 Å². The van der Waals surface area contributed by atoms with Gasteiger partial charge in [-0.1, -0.05) is 13.8 Å². The molecule has 6 heteroatoms. The monoisotopic (exact) mass is 279 g/mol. The van der Waals surface area contributed by atoms with Crippen LogP contribution in [-0.2, 0) is 17.6 Å². The van der Waals surface area contributed by atoms with Crippen molar-refractivity contribution in [1.29, 1.82) is 0 Å². The topological polar surface area (TPSA) is 93.8 Å². The van der Waals surface area contributed by atoms with Crippen LogP contribution >= 0.6 is 0 Å². The molecule has 112 valence electrons. The summed E-state index contributed by atoms with van der Waals surface area (Å²) in [5, 5.41) is 10.8. The fourth-order valence-corrected chi connectivity index (χ4v) is 1.54. The van der Waals surface area contributed by atoms with Crippen LogP contribution in [-0.4, -0.2) is 26.6 Å². The van der Waals surface area contributed by atoms with Gasteiger partial charge in [-0.2, -0.15) is 0 Å². The third-order valence-electron chi connectivity index (χ3n) is 3.91. The second-order valence-electron chi connectivity index (χ2n) is 6.04. The number of anilines is 1. The number of carbonyl (C=O) groups is 1. The average Bonchev–Trinajstić information content (AvgIpc) is 2.37. The van der Waals surface area contributed by atoms with E-state index in [-0.39, 0.29) is 11.9 Å². The fraction of sp³-hybridized carbons (Fsp3) is 0.714. The van der Waals surface area contributed by atoms with Crippen molar-refractivity contribution in [1.82, 2.24) is 15.2 Å². The zero-order valence-electron chi connectivity index (χ0n) is 13.2. The minimum Gasteiger partial charge on any atom is -0.325 e. The molecule has 1 heterocycles. The highest BCUT2D eigenvalue weighted by molar-refractivity contribution is 5.94. The number of aromatic nitrogens is 3. The van der Waals surface area contributed by atoms with E-state index in [0.717, 1.165) is 24.2 Å². The number of amides is 1. The first-order valence-corrected chi connectivity index (χ1v) is 6.96. The Bertz CT molecular complexity index is 491. The number of aryl methyl sites for hydroxylation is 2. The van der Waals surface area contributed by atoms with Crippen molar-refractivity contribution < 1.29 is 4.79 Å². The van der Waals surface area contributed by atoms with Crippen LogP contribution in [0.5, 0.6) is 0 Å². The van der Waals surface area contributed by atoms with Gasteiger partial charge in [-0.05, 0) is 40.5 Å². The molecule has 3 N–H and O–H groups in total. The molecule has 1 rings (SSSR count). The van der Waals surface area contributed by atoms with Gasteiger partial charge >= 0.3 is 0 Å². The Morgan fingerprint density at radius 1 is 1.10 bits per heavy atom. The first kappa shape index (κ1) is 16.5. The number of nitrogens with zero attached hydrogens (tertiary/aromatic N) is 3. The van der Waals surface area contributed by atoms with E-state index in [2.05, 4.69) is 20.5 Å². The molecule has 1 aromatic heterocycles. The summed E-state index contributed by atoms with van der Waals surface area (Å²) in [5.41, 5.74) is 6.39. The Kier molecular flexibility index (Phi) is 4.81. The minimum atomic E-state index is -0.744. The van der Waals surface area contributed by atoms with E-state index in [1.165, 1.54) is 0 Å². The summed E-state index contributed by atoms with van der Waals surface area (Å²) in [6, 6.07) is 0. The van der Waals surface area contributed by atoms with Crippen molar-refractivity contribution in [3.8, 4) is 0 Å². The van der Waals surface area contributed by atoms with Crippen molar-refractivity contribution in [3.63, 3.8) is 0 Å². The molecule has 0 fully saturated rings. The summed E-state index contributed by atoms with van der Waals surface area (Å²) in [6.45, 7) is 11.3. The van der Waals surface area contributed by atoms with Gasteiger partial charge in [0.15, 0.2) is 0 Å². The number of rotatable bonds is 5.